The summed E-state index contributed by atoms with van der Waals surface area (Å²) in [6.45, 7) is 0. The van der Waals surface area contributed by atoms with E-state index in [1.54, 1.807) is 86.9 Å². The van der Waals surface area contributed by atoms with Crippen LogP contribution in [-0.2, 0) is 0 Å². The number of fused-ring (bicyclic) bond motifs is 1. The van der Waals surface area contributed by atoms with Crippen LogP contribution in [0.5, 0.6) is 11.5 Å². The fraction of sp³-hybridized carbons (Fsp3) is 0.107. The van der Waals surface area contributed by atoms with E-state index in [4.69, 9.17) is 4.74 Å². The van der Waals surface area contributed by atoms with Gasteiger partial charge in [0, 0.05) is 35.3 Å². The number of phenolic OH excluding ortho intramolecular Hbond substituents is 1. The number of benzene rings is 4. The lowest BCUT2D eigenvalue weighted by Crippen LogP contribution is -2.22. The minimum atomic E-state index is -0.495. The molecule has 0 unspecified atom stereocenters. The number of hydrogen-bond donors (Lipinski definition) is 3. The number of methoxy groups -OCH3 is 1. The monoisotopic (exact) mass is 515 g/mol. The zero-order valence-electron chi connectivity index (χ0n) is 20.4. The van der Waals surface area contributed by atoms with Crippen molar-refractivity contribution in [3.63, 3.8) is 0 Å². The summed E-state index contributed by atoms with van der Waals surface area (Å²) in [6.07, 6.45) is 0. The summed E-state index contributed by atoms with van der Waals surface area (Å²) in [5, 5.41) is 17.0. The van der Waals surface area contributed by atoms with Crippen LogP contribution < -0.4 is 20.3 Å². The molecule has 0 bridgehead atoms. The number of amides is 3. The molecule has 3 N–H and O–H groups in total. The molecule has 0 aliphatic heterocycles. The standard InChI is InChI=1S/C28H25N3O5S/c1-29-26(33)17-8-6-9-18(16-17)37-28(35)31(2)23-12-7-10-20-19(23)14-15-21(25(20)32)27(34)30-22-11-4-5-13-24(22)36-3/h4-16,32H,1-3H3,(H,29,33)(H,30,34). The van der Waals surface area contributed by atoms with E-state index in [0.717, 1.165) is 11.8 Å². The fourth-order valence-electron chi connectivity index (χ4n) is 3.85. The Kier molecular flexibility index (Phi) is 7.64. The summed E-state index contributed by atoms with van der Waals surface area (Å²) < 4.78 is 5.28. The molecule has 0 atom stereocenters. The first kappa shape index (κ1) is 25.6. The molecule has 4 rings (SSSR count). The average molecular weight is 516 g/mol. The maximum Gasteiger partial charge on any atom is 0.290 e. The highest BCUT2D eigenvalue weighted by Gasteiger charge is 2.20. The molecular weight excluding hydrogens is 490 g/mol. The van der Waals surface area contributed by atoms with E-state index >= 15 is 0 Å². The van der Waals surface area contributed by atoms with Crippen LogP contribution in [0.4, 0.5) is 16.2 Å². The van der Waals surface area contributed by atoms with Gasteiger partial charge in [-0.05, 0) is 54.2 Å². The number of carbonyl (C=O) groups is 3. The van der Waals surface area contributed by atoms with Gasteiger partial charge in [0.25, 0.3) is 17.1 Å². The molecule has 0 saturated heterocycles. The Morgan fingerprint density at radius 1 is 0.892 bits per heavy atom. The number of nitrogens with zero attached hydrogens (tertiary/aromatic N) is 1. The first-order valence-electron chi connectivity index (χ1n) is 11.3. The van der Waals surface area contributed by atoms with Crippen LogP contribution >= 0.6 is 11.8 Å². The second kappa shape index (κ2) is 11.0. The molecule has 0 aliphatic rings. The van der Waals surface area contributed by atoms with Gasteiger partial charge in [-0.1, -0.05) is 36.4 Å². The van der Waals surface area contributed by atoms with Crippen molar-refractivity contribution in [2.24, 2.45) is 0 Å². The molecule has 4 aromatic rings. The molecule has 0 fully saturated rings. The Hall–Kier alpha value is -4.50. The summed E-state index contributed by atoms with van der Waals surface area (Å²) in [7, 11) is 4.69. The molecule has 37 heavy (non-hydrogen) atoms. The predicted octanol–water partition coefficient (Wildman–Crippen LogP) is 5.51. The van der Waals surface area contributed by atoms with Crippen molar-refractivity contribution in [2.45, 2.75) is 4.90 Å². The molecule has 4 aromatic carbocycles. The van der Waals surface area contributed by atoms with E-state index in [9.17, 15) is 19.5 Å². The van der Waals surface area contributed by atoms with Gasteiger partial charge in [0.15, 0.2) is 0 Å². The largest absolute Gasteiger partial charge is 0.506 e. The van der Waals surface area contributed by atoms with Crippen LogP contribution in [-0.4, -0.2) is 43.4 Å². The third kappa shape index (κ3) is 5.36. The number of anilines is 2. The lowest BCUT2D eigenvalue weighted by molar-refractivity contribution is 0.0961. The van der Waals surface area contributed by atoms with Gasteiger partial charge in [-0.3, -0.25) is 14.4 Å². The predicted molar refractivity (Wildman–Crippen MR) is 146 cm³/mol. The molecule has 0 radical (unpaired) electrons. The fourth-order valence-corrected chi connectivity index (χ4v) is 4.62. The van der Waals surface area contributed by atoms with Crippen molar-refractivity contribution in [1.82, 2.24) is 5.32 Å². The van der Waals surface area contributed by atoms with Crippen LogP contribution in [0.25, 0.3) is 10.8 Å². The van der Waals surface area contributed by atoms with Crippen LogP contribution in [0.3, 0.4) is 0 Å². The number of para-hydroxylation sites is 2. The second-order valence-corrected chi connectivity index (χ2v) is 9.05. The molecule has 0 spiro atoms. The first-order valence-corrected chi connectivity index (χ1v) is 12.1. The Bertz CT molecular complexity index is 1500. The van der Waals surface area contributed by atoms with Crippen molar-refractivity contribution in [2.75, 3.05) is 31.4 Å². The molecule has 8 nitrogen and oxygen atoms in total. The minimum absolute atomic E-state index is 0.0879. The van der Waals surface area contributed by atoms with Gasteiger partial charge in [0.1, 0.15) is 11.5 Å². The summed E-state index contributed by atoms with van der Waals surface area (Å²) >= 11 is 0.983. The molecule has 0 saturated carbocycles. The zero-order valence-corrected chi connectivity index (χ0v) is 21.3. The van der Waals surface area contributed by atoms with Crippen LogP contribution in [0.15, 0.2) is 83.8 Å². The van der Waals surface area contributed by atoms with E-state index in [-0.39, 0.29) is 22.5 Å². The van der Waals surface area contributed by atoms with Gasteiger partial charge in [-0.15, -0.1) is 0 Å². The first-order chi connectivity index (χ1) is 17.8. The lowest BCUT2D eigenvalue weighted by Gasteiger charge is -2.20. The molecule has 0 heterocycles. The molecule has 9 heteroatoms. The molecule has 3 amide bonds. The van der Waals surface area contributed by atoms with Gasteiger partial charge in [-0.2, -0.15) is 0 Å². The number of hydrogen-bond acceptors (Lipinski definition) is 6. The van der Waals surface area contributed by atoms with Crippen molar-refractivity contribution < 1.29 is 24.2 Å². The van der Waals surface area contributed by atoms with E-state index < -0.39 is 5.91 Å². The number of phenols is 1. The highest BCUT2D eigenvalue weighted by molar-refractivity contribution is 8.14. The van der Waals surface area contributed by atoms with E-state index in [0.29, 0.717) is 38.4 Å². The third-order valence-electron chi connectivity index (χ3n) is 5.77. The maximum atomic E-state index is 13.1. The van der Waals surface area contributed by atoms with Gasteiger partial charge in [0.05, 0.1) is 24.0 Å². The minimum Gasteiger partial charge on any atom is -0.506 e. The quantitative estimate of drug-likeness (QED) is 0.292. The van der Waals surface area contributed by atoms with Crippen LogP contribution in [0.2, 0.25) is 0 Å². The SMILES string of the molecule is CNC(=O)c1cccc(SC(=O)N(C)c2cccc3c(O)c(C(=O)Nc4ccccc4OC)ccc23)c1. The zero-order chi connectivity index (χ0) is 26.5. The molecule has 188 valence electrons. The molecule has 0 aromatic heterocycles. The number of thioether (sulfide) groups is 1. The van der Waals surface area contributed by atoms with E-state index in [1.807, 2.05) is 0 Å². The van der Waals surface area contributed by atoms with Crippen LogP contribution in [0.1, 0.15) is 20.7 Å². The second-order valence-electron chi connectivity index (χ2n) is 8.02. The van der Waals surface area contributed by atoms with E-state index in [2.05, 4.69) is 10.6 Å². The summed E-state index contributed by atoms with van der Waals surface area (Å²) in [4.78, 5) is 40.0. The van der Waals surface area contributed by atoms with Crippen molar-refractivity contribution >= 4 is 51.0 Å². The average Bonchev–Trinajstić information content (AvgIpc) is 2.92. The Labute approximate surface area is 218 Å². The summed E-state index contributed by atoms with van der Waals surface area (Å²) in [5.41, 5.74) is 1.58. The third-order valence-corrected chi connectivity index (χ3v) is 6.71. The molecule has 0 aliphatic carbocycles. The normalized spacial score (nSPS) is 10.6. The van der Waals surface area contributed by atoms with Crippen molar-refractivity contribution in [1.29, 1.82) is 0 Å². The van der Waals surface area contributed by atoms with Gasteiger partial charge < -0.3 is 25.4 Å². The van der Waals surface area contributed by atoms with Crippen molar-refractivity contribution in [3.8, 4) is 11.5 Å². The Morgan fingerprint density at radius 3 is 2.41 bits per heavy atom. The molecular formula is C28H25N3O5S. The summed E-state index contributed by atoms with van der Waals surface area (Å²) in [6, 6.07) is 22.1. The van der Waals surface area contributed by atoms with Gasteiger partial charge in [0.2, 0.25) is 0 Å². The highest BCUT2D eigenvalue weighted by atomic mass is 32.2. The maximum absolute atomic E-state index is 13.1. The number of carbonyl (C=O) groups excluding carboxylic acids is 3. The topological polar surface area (TPSA) is 108 Å². The van der Waals surface area contributed by atoms with Crippen LogP contribution in [0, 0.1) is 0 Å². The number of nitrogens with one attached hydrogen (secondary N) is 2. The van der Waals surface area contributed by atoms with Crippen molar-refractivity contribution in [3.05, 3.63) is 90.0 Å². The smallest absolute Gasteiger partial charge is 0.290 e. The number of aromatic hydroxyl groups is 1. The number of ether oxygens (including phenoxy) is 1. The van der Waals surface area contributed by atoms with Gasteiger partial charge in [-0.25, -0.2) is 0 Å². The highest BCUT2D eigenvalue weighted by Crippen LogP contribution is 2.36. The Morgan fingerprint density at radius 2 is 1.65 bits per heavy atom. The number of rotatable bonds is 6. The van der Waals surface area contributed by atoms with Gasteiger partial charge >= 0.3 is 0 Å². The Balaban J connectivity index is 1.60. The van der Waals surface area contributed by atoms with E-state index in [1.165, 1.54) is 18.1 Å². The summed E-state index contributed by atoms with van der Waals surface area (Å²) in [5.74, 6) is -0.431. The lowest BCUT2D eigenvalue weighted by atomic mass is 10.0.